The van der Waals surface area contributed by atoms with Crippen molar-refractivity contribution < 1.29 is 0 Å². The van der Waals surface area contributed by atoms with Crippen LogP contribution in [0.15, 0.2) is 36.4 Å². The minimum absolute atomic E-state index is 0.921. The third kappa shape index (κ3) is 3.98. The quantitative estimate of drug-likeness (QED) is 0.585. The molecule has 17 heavy (non-hydrogen) atoms. The normalized spacial score (nSPS) is 11.9. The molecule has 2 aromatic rings. The number of benzene rings is 1. The van der Waals surface area contributed by atoms with Crippen LogP contribution in [0.1, 0.15) is 12.1 Å². The largest absolute Gasteiger partial charge is 0.253 e. The fourth-order valence-corrected chi connectivity index (χ4v) is 3.43. The standard InChI is InChI=1S/C13H15Cl2NSi/c1-17(14,15)10-4-6-12-9-8-11-5-2-3-7-13(11)16-12/h2-3,5,7-9H,4,6,10H2,1H3. The molecule has 0 radical (unpaired) electrons. The predicted octanol–water partition coefficient (Wildman–Crippen LogP) is 4.72. The summed E-state index contributed by atoms with van der Waals surface area (Å²) in [7, 11) is 0. The summed E-state index contributed by atoms with van der Waals surface area (Å²) in [6.07, 6.45) is 1.97. The van der Waals surface area contributed by atoms with E-state index in [1.54, 1.807) is 0 Å². The number of halogens is 2. The molecule has 0 atom stereocenters. The number of para-hydroxylation sites is 1. The second-order valence-corrected chi connectivity index (χ2v) is 12.6. The molecule has 1 nitrogen and oxygen atoms in total. The maximum atomic E-state index is 6.08. The maximum Gasteiger partial charge on any atom is 0.248 e. The highest BCUT2D eigenvalue weighted by atomic mass is 35.7. The number of aromatic nitrogens is 1. The molecule has 4 heteroatoms. The van der Waals surface area contributed by atoms with Gasteiger partial charge in [0.05, 0.1) is 5.52 Å². The van der Waals surface area contributed by atoms with Crippen molar-refractivity contribution in [1.29, 1.82) is 0 Å². The van der Waals surface area contributed by atoms with Crippen LogP contribution in [0.25, 0.3) is 10.9 Å². The Morgan fingerprint density at radius 1 is 1.12 bits per heavy atom. The second kappa shape index (κ2) is 5.38. The van der Waals surface area contributed by atoms with Crippen LogP contribution in [-0.4, -0.2) is 11.7 Å². The topological polar surface area (TPSA) is 12.9 Å². The molecule has 2 rings (SSSR count). The molecule has 1 aromatic heterocycles. The van der Waals surface area contributed by atoms with Crippen LogP contribution in [0.2, 0.25) is 12.6 Å². The van der Waals surface area contributed by atoms with Gasteiger partial charge in [-0.1, -0.05) is 24.3 Å². The predicted molar refractivity (Wildman–Crippen MR) is 78.2 cm³/mol. The van der Waals surface area contributed by atoms with Crippen molar-refractivity contribution in [3.05, 3.63) is 42.1 Å². The van der Waals surface area contributed by atoms with Gasteiger partial charge >= 0.3 is 0 Å². The van der Waals surface area contributed by atoms with Gasteiger partial charge in [-0.15, -0.1) is 22.2 Å². The lowest BCUT2D eigenvalue weighted by Gasteiger charge is -2.09. The van der Waals surface area contributed by atoms with Crippen molar-refractivity contribution in [2.24, 2.45) is 0 Å². The molecule has 0 bridgehead atoms. The van der Waals surface area contributed by atoms with Gasteiger partial charge in [-0.3, -0.25) is 4.98 Å². The molecule has 90 valence electrons. The average Bonchev–Trinajstić information content (AvgIpc) is 2.27. The first kappa shape index (κ1) is 12.9. The number of aryl methyl sites for hydroxylation is 1. The van der Waals surface area contributed by atoms with Crippen LogP contribution in [0.3, 0.4) is 0 Å². The zero-order valence-electron chi connectivity index (χ0n) is 9.79. The van der Waals surface area contributed by atoms with E-state index in [2.05, 4.69) is 23.2 Å². The van der Waals surface area contributed by atoms with E-state index in [-0.39, 0.29) is 0 Å². The van der Waals surface area contributed by atoms with Gasteiger partial charge in [0.15, 0.2) is 0 Å². The lowest BCUT2D eigenvalue weighted by atomic mass is 10.1. The molecule has 0 fully saturated rings. The number of fused-ring (bicyclic) bond motifs is 1. The zero-order chi connectivity index (χ0) is 12.3. The monoisotopic (exact) mass is 283 g/mol. The highest BCUT2D eigenvalue weighted by Gasteiger charge is 2.19. The average molecular weight is 284 g/mol. The third-order valence-corrected chi connectivity index (χ3v) is 5.07. The van der Waals surface area contributed by atoms with Crippen LogP contribution in [0.5, 0.6) is 0 Å². The van der Waals surface area contributed by atoms with Gasteiger partial charge in [-0.05, 0) is 37.6 Å². The molecule has 0 aliphatic heterocycles. The molecule has 0 amide bonds. The molecule has 0 aliphatic carbocycles. The van der Waals surface area contributed by atoms with Crippen molar-refractivity contribution >= 4 is 39.8 Å². The minimum atomic E-state index is -1.95. The first-order valence-electron chi connectivity index (χ1n) is 5.77. The number of nitrogens with zero attached hydrogens (tertiary/aromatic N) is 1. The Hall–Kier alpha value is -0.573. The van der Waals surface area contributed by atoms with Crippen LogP contribution in [0.4, 0.5) is 0 Å². The molecular formula is C13H15Cl2NSi. The van der Waals surface area contributed by atoms with Gasteiger partial charge in [0.1, 0.15) is 0 Å². The van der Waals surface area contributed by atoms with Crippen molar-refractivity contribution in [2.75, 3.05) is 0 Å². The zero-order valence-corrected chi connectivity index (χ0v) is 12.3. The van der Waals surface area contributed by atoms with Gasteiger partial charge < -0.3 is 0 Å². The van der Waals surface area contributed by atoms with Crippen LogP contribution in [0, 0.1) is 0 Å². The molecule has 0 saturated carbocycles. The Bertz CT molecular complexity index is 508. The van der Waals surface area contributed by atoms with E-state index in [1.807, 2.05) is 24.7 Å². The van der Waals surface area contributed by atoms with Gasteiger partial charge in [-0.25, -0.2) is 0 Å². The minimum Gasteiger partial charge on any atom is -0.253 e. The van der Waals surface area contributed by atoms with Crippen molar-refractivity contribution in [3.8, 4) is 0 Å². The summed E-state index contributed by atoms with van der Waals surface area (Å²) in [6.45, 7) is 0.0141. The molecule has 0 saturated heterocycles. The number of rotatable bonds is 4. The number of pyridine rings is 1. The lowest BCUT2D eigenvalue weighted by Crippen LogP contribution is -2.12. The van der Waals surface area contributed by atoms with Gasteiger partial charge in [0.2, 0.25) is 6.69 Å². The number of hydrogen-bond acceptors (Lipinski definition) is 1. The lowest BCUT2D eigenvalue weighted by molar-refractivity contribution is 0.881. The Labute approximate surface area is 112 Å². The highest BCUT2D eigenvalue weighted by Crippen LogP contribution is 2.22. The Morgan fingerprint density at radius 3 is 2.65 bits per heavy atom. The van der Waals surface area contributed by atoms with Gasteiger partial charge in [0, 0.05) is 11.1 Å². The summed E-state index contributed by atoms with van der Waals surface area (Å²) in [6, 6.07) is 13.3. The summed E-state index contributed by atoms with van der Waals surface area (Å²) in [5.41, 5.74) is 2.18. The Balaban J connectivity index is 2.04. The third-order valence-electron chi connectivity index (χ3n) is 2.70. The molecule has 1 aromatic carbocycles. The summed E-state index contributed by atoms with van der Waals surface area (Å²) < 4.78 is 0. The van der Waals surface area contributed by atoms with E-state index in [9.17, 15) is 0 Å². The second-order valence-electron chi connectivity index (χ2n) is 4.42. The van der Waals surface area contributed by atoms with Crippen LogP contribution < -0.4 is 0 Å². The molecule has 0 N–H and O–H groups in total. The Kier molecular flexibility index (Phi) is 4.07. The van der Waals surface area contributed by atoms with E-state index in [0.29, 0.717) is 0 Å². The summed E-state index contributed by atoms with van der Waals surface area (Å²) in [4.78, 5) is 4.62. The van der Waals surface area contributed by atoms with E-state index in [1.165, 1.54) is 5.39 Å². The number of hydrogen-bond donors (Lipinski definition) is 0. The summed E-state index contributed by atoms with van der Waals surface area (Å²) in [5, 5.41) is 1.19. The van der Waals surface area contributed by atoms with Crippen molar-refractivity contribution in [1.82, 2.24) is 4.98 Å². The molecule has 1 heterocycles. The molecular weight excluding hydrogens is 269 g/mol. The fraction of sp³-hybridized carbons (Fsp3) is 0.308. The van der Waals surface area contributed by atoms with E-state index >= 15 is 0 Å². The van der Waals surface area contributed by atoms with Crippen LogP contribution >= 0.6 is 22.2 Å². The first-order chi connectivity index (χ1) is 8.04. The van der Waals surface area contributed by atoms with E-state index in [4.69, 9.17) is 22.2 Å². The Morgan fingerprint density at radius 2 is 1.88 bits per heavy atom. The molecule has 0 unspecified atom stereocenters. The van der Waals surface area contributed by atoms with Crippen molar-refractivity contribution in [3.63, 3.8) is 0 Å². The van der Waals surface area contributed by atoms with E-state index < -0.39 is 6.69 Å². The SMILES string of the molecule is C[Si](Cl)(Cl)CCCc1ccc2ccccc2n1. The highest BCUT2D eigenvalue weighted by molar-refractivity contribution is 7.44. The van der Waals surface area contributed by atoms with E-state index in [0.717, 1.165) is 30.1 Å². The van der Waals surface area contributed by atoms with Gasteiger partial charge in [-0.2, -0.15) is 0 Å². The first-order valence-corrected chi connectivity index (χ1v) is 10.5. The molecule has 0 spiro atoms. The van der Waals surface area contributed by atoms with Gasteiger partial charge in [0.25, 0.3) is 0 Å². The fourth-order valence-electron chi connectivity index (χ4n) is 1.83. The molecule has 0 aliphatic rings. The van der Waals surface area contributed by atoms with Crippen LogP contribution in [-0.2, 0) is 6.42 Å². The van der Waals surface area contributed by atoms with Crippen molar-refractivity contribution in [2.45, 2.75) is 25.4 Å². The smallest absolute Gasteiger partial charge is 0.248 e. The summed E-state index contributed by atoms with van der Waals surface area (Å²) in [5.74, 6) is 0. The summed E-state index contributed by atoms with van der Waals surface area (Å²) >= 11 is 12.2. The maximum absolute atomic E-state index is 6.08.